The van der Waals surface area contributed by atoms with Gasteiger partial charge in [0.1, 0.15) is 0 Å². The number of para-hydroxylation sites is 1. The number of carbonyl (C=O) groups is 1. The maximum absolute atomic E-state index is 12.4. The van der Waals surface area contributed by atoms with Crippen molar-refractivity contribution in [3.63, 3.8) is 0 Å². The molecule has 1 atom stereocenters. The smallest absolute Gasteiger partial charge is 0.317 e. The van der Waals surface area contributed by atoms with Crippen LogP contribution in [-0.4, -0.2) is 56.4 Å². The van der Waals surface area contributed by atoms with Crippen molar-refractivity contribution in [3.05, 3.63) is 29.3 Å². The first-order valence-electron chi connectivity index (χ1n) is 9.73. The van der Waals surface area contributed by atoms with Crippen LogP contribution in [0.25, 0.3) is 0 Å². The first-order valence-corrected chi connectivity index (χ1v) is 9.73. The monoisotopic (exact) mass is 345 g/mol. The predicted octanol–water partition coefficient (Wildman–Crippen LogP) is 2.82. The molecule has 138 valence electrons. The number of aryl methyl sites for hydroxylation is 2. The molecule has 0 spiro atoms. The molecular weight excluding hydrogens is 314 g/mol. The third-order valence-electron chi connectivity index (χ3n) is 5.35. The summed E-state index contributed by atoms with van der Waals surface area (Å²) in [5.41, 5.74) is 4.22. The average molecular weight is 345 g/mol. The van der Waals surface area contributed by atoms with E-state index in [0.29, 0.717) is 6.54 Å². The SMILES string of the molecule is CCc1cccc(CC)c1N1CCN(C(=O)NCC2CCCO2)CC1. The highest BCUT2D eigenvalue weighted by Gasteiger charge is 2.24. The van der Waals surface area contributed by atoms with E-state index in [-0.39, 0.29) is 12.1 Å². The zero-order valence-electron chi connectivity index (χ0n) is 15.6. The summed E-state index contributed by atoms with van der Waals surface area (Å²) in [6.07, 6.45) is 4.46. The van der Waals surface area contributed by atoms with Gasteiger partial charge in [0.2, 0.25) is 0 Å². The van der Waals surface area contributed by atoms with Crippen LogP contribution >= 0.6 is 0 Å². The fraction of sp³-hybridized carbons (Fsp3) is 0.650. The molecule has 0 aliphatic carbocycles. The van der Waals surface area contributed by atoms with Crippen molar-refractivity contribution in [1.82, 2.24) is 10.2 Å². The van der Waals surface area contributed by atoms with Crippen LogP contribution in [0.4, 0.5) is 10.5 Å². The summed E-state index contributed by atoms with van der Waals surface area (Å²) >= 11 is 0. The molecule has 1 N–H and O–H groups in total. The highest BCUT2D eigenvalue weighted by Crippen LogP contribution is 2.28. The molecule has 2 aliphatic rings. The van der Waals surface area contributed by atoms with Gasteiger partial charge < -0.3 is 19.9 Å². The van der Waals surface area contributed by atoms with Crippen LogP contribution in [0.5, 0.6) is 0 Å². The van der Waals surface area contributed by atoms with Crippen LogP contribution in [-0.2, 0) is 17.6 Å². The molecule has 2 heterocycles. The predicted molar refractivity (Wildman–Crippen MR) is 101 cm³/mol. The second-order valence-electron chi connectivity index (χ2n) is 6.93. The minimum Gasteiger partial charge on any atom is -0.376 e. The Morgan fingerprint density at radius 2 is 1.84 bits per heavy atom. The van der Waals surface area contributed by atoms with E-state index in [2.05, 4.69) is 42.3 Å². The van der Waals surface area contributed by atoms with Crippen molar-refractivity contribution < 1.29 is 9.53 Å². The van der Waals surface area contributed by atoms with Crippen molar-refractivity contribution in [1.29, 1.82) is 0 Å². The Labute approximate surface area is 151 Å². The normalized spacial score (nSPS) is 20.8. The minimum absolute atomic E-state index is 0.0506. The van der Waals surface area contributed by atoms with Crippen molar-refractivity contribution in [3.8, 4) is 0 Å². The molecule has 1 aromatic rings. The molecule has 3 rings (SSSR count). The molecule has 25 heavy (non-hydrogen) atoms. The number of hydrogen-bond donors (Lipinski definition) is 1. The van der Waals surface area contributed by atoms with Crippen LogP contribution in [0.2, 0.25) is 0 Å². The van der Waals surface area contributed by atoms with Gasteiger partial charge in [0.25, 0.3) is 0 Å². The van der Waals surface area contributed by atoms with Gasteiger partial charge in [0.05, 0.1) is 6.10 Å². The fourth-order valence-corrected chi connectivity index (χ4v) is 3.87. The van der Waals surface area contributed by atoms with E-state index >= 15 is 0 Å². The lowest BCUT2D eigenvalue weighted by molar-refractivity contribution is 0.108. The van der Waals surface area contributed by atoms with Gasteiger partial charge in [-0.3, -0.25) is 0 Å². The molecule has 0 bridgehead atoms. The fourth-order valence-electron chi connectivity index (χ4n) is 3.87. The molecule has 0 radical (unpaired) electrons. The second-order valence-corrected chi connectivity index (χ2v) is 6.93. The van der Waals surface area contributed by atoms with Gasteiger partial charge in [0, 0.05) is 45.0 Å². The van der Waals surface area contributed by atoms with E-state index in [4.69, 9.17) is 4.74 Å². The first kappa shape index (κ1) is 18.1. The number of rotatable bonds is 5. The molecule has 1 unspecified atom stereocenters. The Kier molecular flexibility index (Phi) is 6.19. The third kappa shape index (κ3) is 4.27. The van der Waals surface area contributed by atoms with E-state index in [0.717, 1.165) is 58.5 Å². The lowest BCUT2D eigenvalue weighted by atomic mass is 10.0. The first-order chi connectivity index (χ1) is 12.2. The van der Waals surface area contributed by atoms with Crippen LogP contribution in [0.15, 0.2) is 18.2 Å². The van der Waals surface area contributed by atoms with Gasteiger partial charge in [-0.15, -0.1) is 0 Å². The van der Waals surface area contributed by atoms with Crippen molar-refractivity contribution >= 4 is 11.7 Å². The average Bonchev–Trinajstić information content (AvgIpc) is 3.19. The molecule has 0 saturated carbocycles. The molecule has 1 aromatic carbocycles. The van der Waals surface area contributed by atoms with Gasteiger partial charge >= 0.3 is 6.03 Å². The lowest BCUT2D eigenvalue weighted by Gasteiger charge is -2.38. The summed E-state index contributed by atoms with van der Waals surface area (Å²) in [6.45, 7) is 9.25. The molecule has 2 aliphatic heterocycles. The highest BCUT2D eigenvalue weighted by atomic mass is 16.5. The molecule has 0 aromatic heterocycles. The Morgan fingerprint density at radius 3 is 2.40 bits per heavy atom. The number of urea groups is 1. The van der Waals surface area contributed by atoms with E-state index in [1.807, 2.05) is 4.90 Å². The summed E-state index contributed by atoms with van der Waals surface area (Å²) in [4.78, 5) is 16.8. The van der Waals surface area contributed by atoms with Crippen LogP contribution in [0.1, 0.15) is 37.8 Å². The Bertz CT molecular complexity index is 554. The van der Waals surface area contributed by atoms with Crippen LogP contribution in [0.3, 0.4) is 0 Å². The van der Waals surface area contributed by atoms with Gasteiger partial charge in [0.15, 0.2) is 0 Å². The third-order valence-corrected chi connectivity index (χ3v) is 5.35. The standard InChI is InChI=1S/C20H31N3O2/c1-3-16-7-5-8-17(4-2)19(16)22-10-12-23(13-11-22)20(24)21-15-18-9-6-14-25-18/h5,7-8,18H,3-4,6,9-15H2,1-2H3,(H,21,24). The quantitative estimate of drug-likeness (QED) is 0.892. The van der Waals surface area contributed by atoms with E-state index in [1.165, 1.54) is 16.8 Å². The summed E-state index contributed by atoms with van der Waals surface area (Å²) < 4.78 is 5.58. The summed E-state index contributed by atoms with van der Waals surface area (Å²) in [5, 5.41) is 3.04. The van der Waals surface area contributed by atoms with Crippen molar-refractivity contribution in [2.45, 2.75) is 45.6 Å². The Balaban J connectivity index is 1.55. The minimum atomic E-state index is 0.0506. The molecule has 2 amide bonds. The number of anilines is 1. The maximum Gasteiger partial charge on any atom is 0.317 e. The zero-order chi connectivity index (χ0) is 17.6. The number of piperazine rings is 1. The molecule has 2 fully saturated rings. The van der Waals surface area contributed by atoms with Gasteiger partial charge in [-0.25, -0.2) is 4.79 Å². The number of benzene rings is 1. The molecule has 5 heteroatoms. The zero-order valence-corrected chi connectivity index (χ0v) is 15.6. The van der Waals surface area contributed by atoms with Gasteiger partial charge in [-0.2, -0.15) is 0 Å². The Hall–Kier alpha value is -1.75. The number of nitrogens with one attached hydrogen (secondary N) is 1. The number of nitrogens with zero attached hydrogens (tertiary/aromatic N) is 2. The second kappa shape index (κ2) is 8.56. The van der Waals surface area contributed by atoms with E-state index < -0.39 is 0 Å². The van der Waals surface area contributed by atoms with Gasteiger partial charge in [-0.05, 0) is 36.8 Å². The maximum atomic E-state index is 12.4. The summed E-state index contributed by atoms with van der Waals surface area (Å²) in [5.74, 6) is 0. The summed E-state index contributed by atoms with van der Waals surface area (Å²) in [6, 6.07) is 6.68. The molecule has 5 nitrogen and oxygen atoms in total. The Morgan fingerprint density at radius 1 is 1.16 bits per heavy atom. The molecular formula is C20H31N3O2. The van der Waals surface area contributed by atoms with E-state index in [9.17, 15) is 4.79 Å². The van der Waals surface area contributed by atoms with Crippen LogP contribution < -0.4 is 10.2 Å². The molecule has 2 saturated heterocycles. The summed E-state index contributed by atoms with van der Waals surface area (Å²) in [7, 11) is 0. The van der Waals surface area contributed by atoms with Crippen molar-refractivity contribution in [2.24, 2.45) is 0 Å². The van der Waals surface area contributed by atoms with Crippen molar-refractivity contribution in [2.75, 3.05) is 44.2 Å². The number of hydrogen-bond acceptors (Lipinski definition) is 3. The topological polar surface area (TPSA) is 44.8 Å². The van der Waals surface area contributed by atoms with Gasteiger partial charge in [-0.1, -0.05) is 32.0 Å². The number of amides is 2. The number of carbonyl (C=O) groups excluding carboxylic acids is 1. The van der Waals surface area contributed by atoms with Crippen LogP contribution in [0, 0.1) is 0 Å². The van der Waals surface area contributed by atoms with E-state index in [1.54, 1.807) is 0 Å². The largest absolute Gasteiger partial charge is 0.376 e. The lowest BCUT2D eigenvalue weighted by Crippen LogP contribution is -2.53. The highest BCUT2D eigenvalue weighted by molar-refractivity contribution is 5.74. The number of ether oxygens (including phenoxy) is 1.